The monoisotopic (exact) mass is 222 g/mol. The standard InChI is InChI=1S/C12H11ClO2/c1-8-3-6-12(15-8)10-7-9(14-2)4-5-11(10)13/h3-7H,1-2H3. The summed E-state index contributed by atoms with van der Waals surface area (Å²) < 4.78 is 10.6. The Morgan fingerprint density at radius 1 is 1.20 bits per heavy atom. The predicted octanol–water partition coefficient (Wildman–Crippen LogP) is 3.92. The van der Waals surface area contributed by atoms with Crippen molar-refractivity contribution in [2.45, 2.75) is 6.92 Å². The summed E-state index contributed by atoms with van der Waals surface area (Å²) in [5.74, 6) is 2.39. The van der Waals surface area contributed by atoms with Crippen molar-refractivity contribution in [3.63, 3.8) is 0 Å². The van der Waals surface area contributed by atoms with Crippen LogP contribution in [0.15, 0.2) is 34.7 Å². The molecule has 0 bridgehead atoms. The molecule has 0 spiro atoms. The Labute approximate surface area is 93.4 Å². The lowest BCUT2D eigenvalue weighted by molar-refractivity contribution is 0.414. The molecule has 2 rings (SSSR count). The van der Waals surface area contributed by atoms with E-state index < -0.39 is 0 Å². The fourth-order valence-electron chi connectivity index (χ4n) is 1.40. The van der Waals surface area contributed by atoms with Crippen molar-refractivity contribution in [1.82, 2.24) is 0 Å². The maximum atomic E-state index is 6.08. The lowest BCUT2D eigenvalue weighted by atomic mass is 10.1. The van der Waals surface area contributed by atoms with Crippen LogP contribution < -0.4 is 4.74 Å². The lowest BCUT2D eigenvalue weighted by Gasteiger charge is -2.04. The summed E-state index contributed by atoms with van der Waals surface area (Å²) in [5, 5.41) is 0.658. The molecule has 0 saturated carbocycles. The van der Waals surface area contributed by atoms with Gasteiger partial charge in [-0.05, 0) is 37.3 Å². The Bertz CT molecular complexity index is 474. The van der Waals surface area contributed by atoms with E-state index in [1.807, 2.05) is 31.2 Å². The minimum absolute atomic E-state index is 0.658. The summed E-state index contributed by atoms with van der Waals surface area (Å²) in [5.41, 5.74) is 0.851. The molecule has 78 valence electrons. The Balaban J connectivity index is 2.51. The van der Waals surface area contributed by atoms with Gasteiger partial charge in [-0.15, -0.1) is 0 Å². The summed E-state index contributed by atoms with van der Waals surface area (Å²) >= 11 is 6.08. The molecule has 0 atom stereocenters. The number of ether oxygens (including phenoxy) is 1. The van der Waals surface area contributed by atoms with Crippen LogP contribution in [-0.2, 0) is 0 Å². The minimum Gasteiger partial charge on any atom is -0.497 e. The molecule has 0 aliphatic carbocycles. The highest BCUT2D eigenvalue weighted by atomic mass is 35.5. The third kappa shape index (κ3) is 2.00. The molecule has 1 aromatic carbocycles. The van der Waals surface area contributed by atoms with E-state index >= 15 is 0 Å². The van der Waals surface area contributed by atoms with Gasteiger partial charge in [-0.2, -0.15) is 0 Å². The fraction of sp³-hybridized carbons (Fsp3) is 0.167. The molecular formula is C12H11ClO2. The number of furan rings is 1. The summed E-state index contributed by atoms with van der Waals surface area (Å²) in [6, 6.07) is 9.29. The zero-order valence-electron chi connectivity index (χ0n) is 8.58. The molecule has 0 radical (unpaired) electrons. The minimum atomic E-state index is 0.658. The molecule has 3 heteroatoms. The summed E-state index contributed by atoms with van der Waals surface area (Å²) in [7, 11) is 1.63. The van der Waals surface area contributed by atoms with Crippen molar-refractivity contribution in [1.29, 1.82) is 0 Å². The van der Waals surface area contributed by atoms with Crippen molar-refractivity contribution in [3.05, 3.63) is 41.1 Å². The normalized spacial score (nSPS) is 10.3. The molecule has 0 unspecified atom stereocenters. The number of rotatable bonds is 2. The molecular weight excluding hydrogens is 212 g/mol. The van der Waals surface area contributed by atoms with Crippen LogP contribution in [0.3, 0.4) is 0 Å². The molecule has 0 saturated heterocycles. The van der Waals surface area contributed by atoms with E-state index in [9.17, 15) is 0 Å². The maximum Gasteiger partial charge on any atom is 0.135 e. The van der Waals surface area contributed by atoms with E-state index in [1.54, 1.807) is 13.2 Å². The van der Waals surface area contributed by atoms with Gasteiger partial charge in [-0.1, -0.05) is 11.6 Å². The largest absolute Gasteiger partial charge is 0.497 e. The van der Waals surface area contributed by atoms with E-state index in [2.05, 4.69) is 0 Å². The molecule has 0 fully saturated rings. The SMILES string of the molecule is COc1ccc(Cl)c(-c2ccc(C)o2)c1. The van der Waals surface area contributed by atoms with Gasteiger partial charge in [0.05, 0.1) is 12.1 Å². The van der Waals surface area contributed by atoms with Gasteiger partial charge in [0, 0.05) is 5.56 Å². The second-order valence-electron chi connectivity index (χ2n) is 3.26. The molecule has 0 N–H and O–H groups in total. The first-order valence-corrected chi connectivity index (χ1v) is 4.99. The Morgan fingerprint density at radius 3 is 2.60 bits per heavy atom. The highest BCUT2D eigenvalue weighted by Gasteiger charge is 2.08. The van der Waals surface area contributed by atoms with E-state index in [0.717, 1.165) is 22.8 Å². The van der Waals surface area contributed by atoms with E-state index in [1.165, 1.54) is 0 Å². The van der Waals surface area contributed by atoms with Crippen molar-refractivity contribution in [3.8, 4) is 17.1 Å². The van der Waals surface area contributed by atoms with Crippen LogP contribution >= 0.6 is 11.6 Å². The van der Waals surface area contributed by atoms with Crippen LogP contribution in [0.4, 0.5) is 0 Å². The van der Waals surface area contributed by atoms with Gasteiger partial charge in [-0.3, -0.25) is 0 Å². The zero-order valence-corrected chi connectivity index (χ0v) is 9.34. The Morgan fingerprint density at radius 2 is 2.00 bits per heavy atom. The summed E-state index contributed by atoms with van der Waals surface area (Å²) in [4.78, 5) is 0. The number of aryl methyl sites for hydroxylation is 1. The molecule has 15 heavy (non-hydrogen) atoms. The van der Waals surface area contributed by atoms with Crippen LogP contribution in [0.1, 0.15) is 5.76 Å². The Kier molecular flexibility index (Phi) is 2.69. The number of benzene rings is 1. The molecule has 2 nitrogen and oxygen atoms in total. The molecule has 1 heterocycles. The van der Waals surface area contributed by atoms with E-state index in [0.29, 0.717) is 5.02 Å². The first kappa shape index (κ1) is 10.1. The summed E-state index contributed by atoms with van der Waals surface area (Å²) in [6.45, 7) is 1.90. The first-order chi connectivity index (χ1) is 7.20. The van der Waals surface area contributed by atoms with Gasteiger partial charge in [0.1, 0.15) is 17.3 Å². The summed E-state index contributed by atoms with van der Waals surface area (Å²) in [6.07, 6.45) is 0. The third-order valence-corrected chi connectivity index (χ3v) is 2.51. The van der Waals surface area contributed by atoms with Crippen molar-refractivity contribution >= 4 is 11.6 Å². The van der Waals surface area contributed by atoms with Crippen molar-refractivity contribution in [2.24, 2.45) is 0 Å². The molecule has 2 aromatic rings. The third-order valence-electron chi connectivity index (χ3n) is 2.18. The first-order valence-electron chi connectivity index (χ1n) is 4.61. The lowest BCUT2D eigenvalue weighted by Crippen LogP contribution is -1.84. The van der Waals surface area contributed by atoms with Gasteiger partial charge < -0.3 is 9.15 Å². The van der Waals surface area contributed by atoms with Crippen molar-refractivity contribution in [2.75, 3.05) is 7.11 Å². The molecule has 0 amide bonds. The van der Waals surface area contributed by atoms with Crippen LogP contribution in [0.2, 0.25) is 5.02 Å². The van der Waals surface area contributed by atoms with Crippen LogP contribution in [-0.4, -0.2) is 7.11 Å². The topological polar surface area (TPSA) is 22.4 Å². The smallest absolute Gasteiger partial charge is 0.135 e. The average molecular weight is 223 g/mol. The van der Waals surface area contributed by atoms with E-state index in [4.69, 9.17) is 20.8 Å². The van der Waals surface area contributed by atoms with E-state index in [-0.39, 0.29) is 0 Å². The average Bonchev–Trinajstić information content (AvgIpc) is 2.65. The molecule has 0 aliphatic rings. The fourth-order valence-corrected chi connectivity index (χ4v) is 1.61. The number of halogens is 1. The molecule has 1 aromatic heterocycles. The maximum absolute atomic E-state index is 6.08. The van der Waals surface area contributed by atoms with Crippen LogP contribution in [0, 0.1) is 6.92 Å². The van der Waals surface area contributed by atoms with Gasteiger partial charge in [0.2, 0.25) is 0 Å². The number of hydrogen-bond acceptors (Lipinski definition) is 2. The van der Waals surface area contributed by atoms with Gasteiger partial charge in [-0.25, -0.2) is 0 Å². The second-order valence-corrected chi connectivity index (χ2v) is 3.66. The van der Waals surface area contributed by atoms with Crippen LogP contribution in [0.5, 0.6) is 5.75 Å². The highest BCUT2D eigenvalue weighted by molar-refractivity contribution is 6.33. The number of hydrogen-bond donors (Lipinski definition) is 0. The second kappa shape index (κ2) is 3.99. The van der Waals surface area contributed by atoms with Gasteiger partial charge in [0.15, 0.2) is 0 Å². The Hall–Kier alpha value is -1.41. The highest BCUT2D eigenvalue weighted by Crippen LogP contribution is 2.32. The van der Waals surface area contributed by atoms with Crippen molar-refractivity contribution < 1.29 is 9.15 Å². The zero-order chi connectivity index (χ0) is 10.8. The van der Waals surface area contributed by atoms with Gasteiger partial charge >= 0.3 is 0 Å². The quantitative estimate of drug-likeness (QED) is 0.769. The van der Waals surface area contributed by atoms with Gasteiger partial charge in [0.25, 0.3) is 0 Å². The number of methoxy groups -OCH3 is 1. The van der Waals surface area contributed by atoms with Crippen LogP contribution in [0.25, 0.3) is 11.3 Å². The molecule has 0 aliphatic heterocycles. The predicted molar refractivity (Wildman–Crippen MR) is 60.4 cm³/mol.